The lowest BCUT2D eigenvalue weighted by Gasteiger charge is -2.25. The van der Waals surface area contributed by atoms with Crippen LogP contribution in [0, 0.1) is 0 Å². The summed E-state index contributed by atoms with van der Waals surface area (Å²) in [6.07, 6.45) is -0.479. The van der Waals surface area contributed by atoms with Crippen LogP contribution >= 0.6 is 0 Å². The molecular formula is C13H16F2N2O3. The summed E-state index contributed by atoms with van der Waals surface area (Å²) in [7, 11) is 1.54. The van der Waals surface area contributed by atoms with Crippen molar-refractivity contribution in [1.29, 1.82) is 0 Å². The number of amides is 1. The van der Waals surface area contributed by atoms with Crippen LogP contribution in [0.15, 0.2) is 24.3 Å². The minimum Gasteiger partial charge on any atom is -0.434 e. The van der Waals surface area contributed by atoms with Gasteiger partial charge in [0.2, 0.25) is 5.91 Å². The predicted molar refractivity (Wildman–Crippen MR) is 67.4 cm³/mol. The SMILES string of the molecule is COCCN1C(=O)CNC1c1ccccc1OC(F)F. The molecule has 1 atom stereocenters. The topological polar surface area (TPSA) is 50.8 Å². The van der Waals surface area contributed by atoms with Gasteiger partial charge in [-0.1, -0.05) is 18.2 Å². The fourth-order valence-electron chi connectivity index (χ4n) is 2.17. The molecule has 0 aromatic heterocycles. The Balaban J connectivity index is 2.23. The van der Waals surface area contributed by atoms with Crippen LogP contribution in [0.25, 0.3) is 0 Å². The van der Waals surface area contributed by atoms with Gasteiger partial charge >= 0.3 is 6.61 Å². The summed E-state index contributed by atoms with van der Waals surface area (Å²) in [5.74, 6) is -0.0315. The smallest absolute Gasteiger partial charge is 0.387 e. The van der Waals surface area contributed by atoms with E-state index in [-0.39, 0.29) is 18.2 Å². The maximum atomic E-state index is 12.4. The average molecular weight is 286 g/mol. The van der Waals surface area contributed by atoms with Gasteiger partial charge < -0.3 is 14.4 Å². The molecular weight excluding hydrogens is 270 g/mol. The van der Waals surface area contributed by atoms with E-state index in [1.165, 1.54) is 13.2 Å². The Kier molecular flexibility index (Phi) is 4.86. The van der Waals surface area contributed by atoms with E-state index in [1.807, 2.05) is 0 Å². The van der Waals surface area contributed by atoms with Gasteiger partial charge in [0, 0.05) is 19.2 Å². The van der Waals surface area contributed by atoms with E-state index in [0.29, 0.717) is 18.7 Å². The van der Waals surface area contributed by atoms with E-state index in [1.54, 1.807) is 23.1 Å². The van der Waals surface area contributed by atoms with Gasteiger partial charge in [-0.15, -0.1) is 0 Å². The fraction of sp³-hybridized carbons (Fsp3) is 0.462. The fourth-order valence-corrected chi connectivity index (χ4v) is 2.17. The van der Waals surface area contributed by atoms with Crippen molar-refractivity contribution >= 4 is 5.91 Å². The molecule has 1 N–H and O–H groups in total. The van der Waals surface area contributed by atoms with Crippen molar-refractivity contribution < 1.29 is 23.0 Å². The lowest BCUT2D eigenvalue weighted by atomic mass is 10.1. The third-order valence-electron chi connectivity index (χ3n) is 3.04. The Bertz CT molecular complexity index is 471. The molecule has 1 aromatic rings. The number of nitrogens with zero attached hydrogens (tertiary/aromatic N) is 1. The number of halogens is 2. The first-order chi connectivity index (χ1) is 9.63. The van der Waals surface area contributed by atoms with Crippen molar-refractivity contribution in [2.24, 2.45) is 0 Å². The monoisotopic (exact) mass is 286 g/mol. The summed E-state index contributed by atoms with van der Waals surface area (Å²) in [5.41, 5.74) is 0.509. The number of carbonyl (C=O) groups excluding carboxylic acids is 1. The van der Waals surface area contributed by atoms with Gasteiger partial charge in [-0.05, 0) is 6.07 Å². The third kappa shape index (κ3) is 3.23. The van der Waals surface area contributed by atoms with Crippen molar-refractivity contribution in [2.45, 2.75) is 12.8 Å². The molecule has 0 bridgehead atoms. The largest absolute Gasteiger partial charge is 0.434 e. The van der Waals surface area contributed by atoms with Gasteiger partial charge in [0.05, 0.1) is 13.2 Å². The minimum absolute atomic E-state index is 0.0668. The van der Waals surface area contributed by atoms with Crippen LogP contribution in [-0.2, 0) is 9.53 Å². The summed E-state index contributed by atoms with van der Waals surface area (Å²) in [5, 5.41) is 2.99. The first kappa shape index (κ1) is 14.7. The molecule has 0 spiro atoms. The highest BCUT2D eigenvalue weighted by Crippen LogP contribution is 2.30. The third-order valence-corrected chi connectivity index (χ3v) is 3.04. The lowest BCUT2D eigenvalue weighted by Crippen LogP contribution is -2.33. The number of nitrogens with one attached hydrogen (secondary N) is 1. The summed E-state index contributed by atoms with van der Waals surface area (Å²) < 4.78 is 34.3. The zero-order valence-corrected chi connectivity index (χ0v) is 11.0. The molecule has 0 aliphatic carbocycles. The maximum Gasteiger partial charge on any atom is 0.387 e. The highest BCUT2D eigenvalue weighted by atomic mass is 19.3. The number of alkyl halides is 2. The molecule has 0 radical (unpaired) electrons. The number of para-hydroxylation sites is 1. The van der Waals surface area contributed by atoms with Crippen molar-refractivity contribution in [3.05, 3.63) is 29.8 Å². The number of hydrogen-bond donors (Lipinski definition) is 1. The first-order valence-electron chi connectivity index (χ1n) is 6.19. The summed E-state index contributed by atoms with van der Waals surface area (Å²) >= 11 is 0. The Morgan fingerprint density at radius 3 is 2.90 bits per heavy atom. The van der Waals surface area contributed by atoms with Crippen LogP contribution in [0.1, 0.15) is 11.7 Å². The van der Waals surface area contributed by atoms with Crippen LogP contribution in [0.5, 0.6) is 5.75 Å². The molecule has 1 amide bonds. The van der Waals surface area contributed by atoms with Gasteiger partial charge in [0.25, 0.3) is 0 Å². The Hall–Kier alpha value is -1.73. The van der Waals surface area contributed by atoms with E-state index >= 15 is 0 Å². The van der Waals surface area contributed by atoms with Crippen LogP contribution in [-0.4, -0.2) is 44.2 Å². The summed E-state index contributed by atoms with van der Waals surface area (Å²) in [6.45, 7) is -1.98. The number of benzene rings is 1. The van der Waals surface area contributed by atoms with Gasteiger partial charge in [-0.3, -0.25) is 10.1 Å². The van der Waals surface area contributed by atoms with Gasteiger partial charge in [0.1, 0.15) is 11.9 Å². The van der Waals surface area contributed by atoms with Crippen LogP contribution < -0.4 is 10.1 Å². The molecule has 7 heteroatoms. The molecule has 20 heavy (non-hydrogen) atoms. The molecule has 2 rings (SSSR count). The molecule has 1 unspecified atom stereocenters. The number of rotatable bonds is 6. The van der Waals surface area contributed by atoms with Gasteiger partial charge in [0.15, 0.2) is 0 Å². The molecule has 5 nitrogen and oxygen atoms in total. The van der Waals surface area contributed by atoms with E-state index in [9.17, 15) is 13.6 Å². The second-order valence-corrected chi connectivity index (χ2v) is 4.28. The molecule has 1 fully saturated rings. The first-order valence-corrected chi connectivity index (χ1v) is 6.19. The Labute approximate surface area is 115 Å². The number of methoxy groups -OCH3 is 1. The zero-order chi connectivity index (χ0) is 14.5. The van der Waals surface area contributed by atoms with Crippen molar-refractivity contribution in [3.8, 4) is 5.75 Å². The molecule has 1 aliphatic rings. The normalized spacial score (nSPS) is 18.9. The highest BCUT2D eigenvalue weighted by molar-refractivity contribution is 5.81. The maximum absolute atomic E-state index is 12.4. The van der Waals surface area contributed by atoms with E-state index in [0.717, 1.165) is 0 Å². The van der Waals surface area contributed by atoms with Gasteiger partial charge in [-0.2, -0.15) is 8.78 Å². The second-order valence-electron chi connectivity index (χ2n) is 4.28. The Morgan fingerprint density at radius 2 is 2.20 bits per heavy atom. The molecule has 110 valence electrons. The van der Waals surface area contributed by atoms with Crippen molar-refractivity contribution in [2.75, 3.05) is 26.8 Å². The van der Waals surface area contributed by atoms with Gasteiger partial charge in [-0.25, -0.2) is 0 Å². The predicted octanol–water partition coefficient (Wildman–Crippen LogP) is 1.36. The number of hydrogen-bond acceptors (Lipinski definition) is 4. The van der Waals surface area contributed by atoms with Crippen molar-refractivity contribution in [3.63, 3.8) is 0 Å². The average Bonchev–Trinajstić information content (AvgIpc) is 2.77. The standard InChI is InChI=1S/C13H16F2N2O3/c1-19-7-6-17-11(18)8-16-12(17)9-4-2-3-5-10(9)20-13(14)15/h2-5,12-13,16H,6-8H2,1H3. The molecule has 1 aliphatic heterocycles. The Morgan fingerprint density at radius 1 is 1.45 bits per heavy atom. The van der Waals surface area contributed by atoms with E-state index < -0.39 is 12.8 Å². The second kappa shape index (κ2) is 6.62. The molecule has 1 heterocycles. The molecule has 0 saturated carbocycles. The van der Waals surface area contributed by atoms with Crippen LogP contribution in [0.4, 0.5) is 8.78 Å². The minimum atomic E-state index is -2.90. The molecule has 1 aromatic carbocycles. The van der Waals surface area contributed by atoms with Crippen LogP contribution in [0.2, 0.25) is 0 Å². The quantitative estimate of drug-likeness (QED) is 0.858. The summed E-state index contributed by atoms with van der Waals surface area (Å²) in [4.78, 5) is 13.4. The van der Waals surface area contributed by atoms with Crippen LogP contribution in [0.3, 0.4) is 0 Å². The lowest BCUT2D eigenvalue weighted by molar-refractivity contribution is -0.128. The zero-order valence-electron chi connectivity index (χ0n) is 11.0. The molecule has 1 saturated heterocycles. The number of ether oxygens (including phenoxy) is 2. The highest BCUT2D eigenvalue weighted by Gasteiger charge is 2.33. The summed E-state index contributed by atoms with van der Waals surface area (Å²) in [6, 6.07) is 6.44. The number of carbonyl (C=O) groups is 1. The van der Waals surface area contributed by atoms with E-state index in [4.69, 9.17) is 4.74 Å². The van der Waals surface area contributed by atoms with E-state index in [2.05, 4.69) is 10.1 Å². The van der Waals surface area contributed by atoms with Crippen molar-refractivity contribution in [1.82, 2.24) is 10.2 Å².